The van der Waals surface area contributed by atoms with Gasteiger partial charge in [0.1, 0.15) is 11.7 Å². The Balaban J connectivity index is 1.61. The van der Waals surface area contributed by atoms with Crippen molar-refractivity contribution >= 4 is 46.4 Å². The predicted molar refractivity (Wildman–Crippen MR) is 115 cm³/mol. The molecule has 2 saturated heterocycles. The summed E-state index contributed by atoms with van der Waals surface area (Å²) in [5.74, 6) is -2.23. The highest BCUT2D eigenvalue weighted by molar-refractivity contribution is 6.35. The minimum Gasteiger partial charge on any atom is -0.273 e. The molecule has 156 valence electrons. The highest BCUT2D eigenvalue weighted by atomic mass is 35.5. The molecule has 2 heterocycles. The minimum absolute atomic E-state index is 0.293. The van der Waals surface area contributed by atoms with Crippen molar-refractivity contribution in [2.24, 2.45) is 5.92 Å². The van der Waals surface area contributed by atoms with Crippen LogP contribution in [0.15, 0.2) is 72.8 Å². The summed E-state index contributed by atoms with van der Waals surface area (Å²) in [6.07, 6.45) is -1.03. The molecule has 2 amide bonds. The first-order valence-electron chi connectivity index (χ1n) is 9.55. The minimum atomic E-state index is -1.03. The van der Waals surface area contributed by atoms with Crippen LogP contribution in [0.2, 0.25) is 10.0 Å². The maximum Gasteiger partial charge on any atom is 0.266 e. The summed E-state index contributed by atoms with van der Waals surface area (Å²) in [6, 6.07) is 18.7. The van der Waals surface area contributed by atoms with Crippen molar-refractivity contribution in [3.8, 4) is 0 Å². The Kier molecular flexibility index (Phi) is 4.93. The Morgan fingerprint density at radius 1 is 0.839 bits per heavy atom. The summed E-state index contributed by atoms with van der Waals surface area (Å²) < 4.78 is 13.4. The van der Waals surface area contributed by atoms with Crippen LogP contribution in [0.1, 0.15) is 11.6 Å². The first kappa shape index (κ1) is 20.0. The lowest BCUT2D eigenvalue weighted by Crippen LogP contribution is -2.37. The number of carbonyl (C=O) groups excluding carboxylic acids is 2. The third-order valence-electron chi connectivity index (χ3n) is 5.49. The lowest BCUT2D eigenvalue weighted by atomic mass is 9.90. The van der Waals surface area contributed by atoms with Gasteiger partial charge in [-0.3, -0.25) is 14.4 Å². The number of fused-ring (bicyclic) bond motifs is 1. The van der Waals surface area contributed by atoms with Gasteiger partial charge in [-0.05, 0) is 54.1 Å². The largest absolute Gasteiger partial charge is 0.273 e. The van der Waals surface area contributed by atoms with Crippen molar-refractivity contribution < 1.29 is 18.8 Å². The van der Waals surface area contributed by atoms with E-state index >= 15 is 0 Å². The van der Waals surface area contributed by atoms with Crippen LogP contribution in [-0.2, 0) is 14.4 Å². The summed E-state index contributed by atoms with van der Waals surface area (Å²) >= 11 is 12.6. The molecule has 0 saturated carbocycles. The van der Waals surface area contributed by atoms with Crippen LogP contribution in [0.3, 0.4) is 0 Å². The van der Waals surface area contributed by atoms with Crippen LogP contribution in [0.5, 0.6) is 0 Å². The third-order valence-corrected chi connectivity index (χ3v) is 6.05. The van der Waals surface area contributed by atoms with Crippen molar-refractivity contribution in [1.29, 1.82) is 0 Å². The van der Waals surface area contributed by atoms with Gasteiger partial charge in [-0.25, -0.2) is 14.4 Å². The van der Waals surface area contributed by atoms with Gasteiger partial charge in [0.05, 0.1) is 17.4 Å². The Morgan fingerprint density at radius 2 is 1.55 bits per heavy atom. The molecule has 0 N–H and O–H groups in total. The highest BCUT2D eigenvalue weighted by Gasteiger charge is 2.60. The van der Waals surface area contributed by atoms with Crippen LogP contribution in [0, 0.1) is 11.7 Å². The van der Waals surface area contributed by atoms with Gasteiger partial charge in [0.2, 0.25) is 5.91 Å². The van der Waals surface area contributed by atoms with Gasteiger partial charge in [0, 0.05) is 10.0 Å². The molecule has 31 heavy (non-hydrogen) atoms. The second-order valence-electron chi connectivity index (χ2n) is 7.31. The molecule has 0 unspecified atom stereocenters. The van der Waals surface area contributed by atoms with Gasteiger partial charge in [0.15, 0.2) is 6.10 Å². The number of hydrogen-bond acceptors (Lipinski definition) is 4. The number of benzene rings is 3. The van der Waals surface area contributed by atoms with Gasteiger partial charge in [0.25, 0.3) is 5.91 Å². The van der Waals surface area contributed by atoms with E-state index < -0.39 is 35.7 Å². The molecule has 2 aliphatic heterocycles. The number of para-hydroxylation sites is 1. The van der Waals surface area contributed by atoms with E-state index in [9.17, 15) is 14.0 Å². The van der Waals surface area contributed by atoms with Crippen LogP contribution >= 0.6 is 23.2 Å². The van der Waals surface area contributed by atoms with E-state index in [1.807, 2.05) is 30.3 Å². The van der Waals surface area contributed by atoms with E-state index in [0.717, 1.165) is 4.90 Å². The van der Waals surface area contributed by atoms with Crippen molar-refractivity contribution in [1.82, 2.24) is 0 Å². The molecule has 3 aromatic rings. The lowest BCUT2D eigenvalue weighted by molar-refractivity contribution is -0.126. The number of amides is 2. The zero-order chi connectivity index (χ0) is 21.7. The molecule has 0 spiro atoms. The number of halogens is 3. The highest BCUT2D eigenvalue weighted by Crippen LogP contribution is 2.49. The Morgan fingerprint density at radius 3 is 2.23 bits per heavy atom. The number of anilines is 2. The number of nitrogens with zero attached hydrogens (tertiary/aromatic N) is 2. The van der Waals surface area contributed by atoms with E-state index in [1.54, 1.807) is 23.3 Å². The fourth-order valence-corrected chi connectivity index (χ4v) is 4.64. The van der Waals surface area contributed by atoms with E-state index in [2.05, 4.69) is 0 Å². The molecule has 2 fully saturated rings. The van der Waals surface area contributed by atoms with E-state index in [0.29, 0.717) is 27.0 Å². The molecule has 3 atom stereocenters. The van der Waals surface area contributed by atoms with Gasteiger partial charge in [-0.2, -0.15) is 0 Å². The van der Waals surface area contributed by atoms with Gasteiger partial charge in [-0.1, -0.05) is 47.5 Å². The zero-order valence-electron chi connectivity index (χ0n) is 15.9. The Hall–Kier alpha value is -2.93. The van der Waals surface area contributed by atoms with E-state index in [-0.39, 0.29) is 0 Å². The quantitative estimate of drug-likeness (QED) is 0.509. The fourth-order valence-electron chi connectivity index (χ4n) is 4.12. The normalized spacial score (nSPS) is 22.9. The van der Waals surface area contributed by atoms with Gasteiger partial charge in [-0.15, -0.1) is 0 Å². The van der Waals surface area contributed by atoms with Crippen LogP contribution in [0.4, 0.5) is 15.8 Å². The average molecular weight is 457 g/mol. The zero-order valence-corrected chi connectivity index (χ0v) is 17.4. The number of rotatable bonds is 3. The Labute approximate surface area is 187 Å². The van der Waals surface area contributed by atoms with Gasteiger partial charge >= 0.3 is 0 Å². The molecule has 2 aliphatic rings. The molecule has 0 aromatic heterocycles. The van der Waals surface area contributed by atoms with Crippen LogP contribution in [0.25, 0.3) is 0 Å². The summed E-state index contributed by atoms with van der Waals surface area (Å²) in [5.41, 5.74) is 1.59. The molecule has 0 radical (unpaired) electrons. The maximum absolute atomic E-state index is 13.5. The number of hydrogen-bond donors (Lipinski definition) is 0. The summed E-state index contributed by atoms with van der Waals surface area (Å²) in [6.45, 7) is 0. The van der Waals surface area contributed by atoms with E-state index in [1.165, 1.54) is 24.3 Å². The molecule has 3 aromatic carbocycles. The van der Waals surface area contributed by atoms with Crippen molar-refractivity contribution in [3.05, 3.63) is 94.2 Å². The molecule has 8 heteroatoms. The first-order valence-corrected chi connectivity index (χ1v) is 10.3. The SMILES string of the molecule is O=C1[C@H]2[C@@H](ON(c3ccccc3)[C@H]2c2ccc(Cl)cc2Cl)C(=O)N1c1ccc(F)cc1. The maximum atomic E-state index is 13.5. The number of carbonyl (C=O) groups is 2. The number of imide groups is 1. The standard InChI is InChI=1S/C23H15Cl2FN2O3/c24-13-6-11-17(18(25)12-13)20-19-21(31-28(20)16-4-2-1-3-5-16)23(30)27(22(19)29)15-9-7-14(26)8-10-15/h1-12,19-21H/t19-,20+,21-/m1/s1. The van der Waals surface area contributed by atoms with Crippen molar-refractivity contribution in [3.63, 3.8) is 0 Å². The Bertz CT molecular complexity index is 1170. The van der Waals surface area contributed by atoms with Gasteiger partial charge < -0.3 is 0 Å². The van der Waals surface area contributed by atoms with Crippen molar-refractivity contribution in [2.45, 2.75) is 12.1 Å². The van der Waals surface area contributed by atoms with E-state index in [4.69, 9.17) is 28.0 Å². The smallest absolute Gasteiger partial charge is 0.266 e. The molecule has 0 aliphatic carbocycles. The van der Waals surface area contributed by atoms with Crippen LogP contribution < -0.4 is 9.96 Å². The predicted octanol–water partition coefficient (Wildman–Crippen LogP) is 5.18. The average Bonchev–Trinajstić information content (AvgIpc) is 3.26. The summed E-state index contributed by atoms with van der Waals surface area (Å²) in [4.78, 5) is 33.7. The second-order valence-corrected chi connectivity index (χ2v) is 8.16. The first-order chi connectivity index (χ1) is 15.0. The molecular formula is C23H15Cl2FN2O3. The lowest BCUT2D eigenvalue weighted by Gasteiger charge is -2.29. The topological polar surface area (TPSA) is 49.9 Å². The van der Waals surface area contributed by atoms with Crippen molar-refractivity contribution in [2.75, 3.05) is 9.96 Å². The second kappa shape index (κ2) is 7.64. The summed E-state index contributed by atoms with van der Waals surface area (Å²) in [7, 11) is 0. The fraction of sp³-hybridized carbons (Fsp3) is 0.130. The van der Waals surface area contributed by atoms with Crippen LogP contribution in [-0.4, -0.2) is 17.9 Å². The monoisotopic (exact) mass is 456 g/mol. The summed E-state index contributed by atoms with van der Waals surface area (Å²) in [5, 5.41) is 2.38. The molecule has 0 bridgehead atoms. The third kappa shape index (κ3) is 3.28. The number of hydroxylamine groups is 1. The molecular weight excluding hydrogens is 442 g/mol. The molecule has 5 nitrogen and oxygen atoms in total. The molecule has 5 rings (SSSR count).